The quantitative estimate of drug-likeness (QED) is 0.832. The van der Waals surface area contributed by atoms with Crippen LogP contribution in [0.15, 0.2) is 24.3 Å². The summed E-state index contributed by atoms with van der Waals surface area (Å²) in [4.78, 5) is 0. The number of nitrogens with one attached hydrogen (secondary N) is 1. The minimum atomic E-state index is 0.573. The molecule has 1 saturated heterocycles. The fourth-order valence-corrected chi connectivity index (χ4v) is 2.72. The Balaban J connectivity index is 1.84. The maximum Gasteiger partial charge on any atom is 0.122 e. The van der Waals surface area contributed by atoms with Crippen LogP contribution >= 0.6 is 0 Å². The second kappa shape index (κ2) is 7.54. The second-order valence-corrected chi connectivity index (χ2v) is 5.63. The van der Waals surface area contributed by atoms with E-state index in [1.807, 2.05) is 0 Å². The van der Waals surface area contributed by atoms with E-state index in [9.17, 15) is 0 Å². The maximum absolute atomic E-state index is 6.02. The van der Waals surface area contributed by atoms with Crippen molar-refractivity contribution < 1.29 is 4.74 Å². The first-order valence-corrected chi connectivity index (χ1v) is 7.76. The molecule has 1 aromatic rings. The van der Waals surface area contributed by atoms with Gasteiger partial charge in [-0.05, 0) is 49.8 Å². The van der Waals surface area contributed by atoms with Crippen LogP contribution in [0.25, 0.3) is 0 Å². The number of para-hydroxylation sites is 1. The van der Waals surface area contributed by atoms with Gasteiger partial charge in [0.25, 0.3) is 0 Å². The number of ether oxygens (including phenoxy) is 1. The van der Waals surface area contributed by atoms with Gasteiger partial charge < -0.3 is 10.1 Å². The first-order chi connectivity index (χ1) is 9.31. The van der Waals surface area contributed by atoms with Crippen LogP contribution in [0.1, 0.15) is 57.4 Å². The van der Waals surface area contributed by atoms with Gasteiger partial charge in [0.15, 0.2) is 0 Å². The average Bonchev–Trinajstić information content (AvgIpc) is 2.48. The van der Waals surface area contributed by atoms with E-state index in [2.05, 4.69) is 43.4 Å². The topological polar surface area (TPSA) is 21.3 Å². The Kier molecular flexibility index (Phi) is 5.71. The zero-order chi connectivity index (χ0) is 13.5. The molecule has 0 radical (unpaired) electrons. The fourth-order valence-electron chi connectivity index (χ4n) is 2.72. The third-order valence-electron chi connectivity index (χ3n) is 4.20. The molecular weight excluding hydrogens is 234 g/mol. The molecule has 0 saturated carbocycles. The van der Waals surface area contributed by atoms with E-state index >= 15 is 0 Å². The molecule has 2 nitrogen and oxygen atoms in total. The van der Waals surface area contributed by atoms with Gasteiger partial charge in [0.05, 0.1) is 6.61 Å². The molecular formula is C17H27NO. The minimum absolute atomic E-state index is 0.573. The largest absolute Gasteiger partial charge is 0.493 e. The molecule has 0 bridgehead atoms. The zero-order valence-electron chi connectivity index (χ0n) is 12.3. The number of piperidine rings is 1. The Bertz CT molecular complexity index is 371. The molecule has 19 heavy (non-hydrogen) atoms. The lowest BCUT2D eigenvalue weighted by Crippen LogP contribution is -2.35. The van der Waals surface area contributed by atoms with Crippen molar-refractivity contribution in [3.63, 3.8) is 0 Å². The summed E-state index contributed by atoms with van der Waals surface area (Å²) in [6.07, 6.45) is 6.27. The van der Waals surface area contributed by atoms with Crippen LogP contribution in [0.5, 0.6) is 5.75 Å². The smallest absolute Gasteiger partial charge is 0.122 e. The van der Waals surface area contributed by atoms with Gasteiger partial charge in [0.2, 0.25) is 0 Å². The SMILES string of the molecule is CC[C@@H](C)c1ccccc1OCC[C@@H]1CCCCN1. The number of hydrogen-bond donors (Lipinski definition) is 1. The summed E-state index contributed by atoms with van der Waals surface area (Å²) in [5.41, 5.74) is 1.35. The van der Waals surface area contributed by atoms with E-state index < -0.39 is 0 Å². The summed E-state index contributed by atoms with van der Waals surface area (Å²) < 4.78 is 6.02. The maximum atomic E-state index is 6.02. The highest BCUT2D eigenvalue weighted by atomic mass is 16.5. The van der Waals surface area contributed by atoms with Crippen molar-refractivity contribution in [2.24, 2.45) is 0 Å². The Hall–Kier alpha value is -1.02. The number of rotatable bonds is 6. The highest BCUT2D eigenvalue weighted by molar-refractivity contribution is 5.35. The Morgan fingerprint density at radius 2 is 2.16 bits per heavy atom. The second-order valence-electron chi connectivity index (χ2n) is 5.63. The van der Waals surface area contributed by atoms with Crippen molar-refractivity contribution in [3.05, 3.63) is 29.8 Å². The van der Waals surface area contributed by atoms with E-state index in [0.29, 0.717) is 12.0 Å². The molecule has 1 aromatic carbocycles. The van der Waals surface area contributed by atoms with Gasteiger partial charge in [-0.15, -0.1) is 0 Å². The van der Waals surface area contributed by atoms with E-state index in [4.69, 9.17) is 4.74 Å². The summed E-state index contributed by atoms with van der Waals surface area (Å²) in [6, 6.07) is 9.14. The molecule has 1 fully saturated rings. The molecule has 2 rings (SSSR count). The molecule has 1 heterocycles. The predicted octanol–water partition coefficient (Wildman–Crippen LogP) is 4.11. The van der Waals surface area contributed by atoms with E-state index in [0.717, 1.165) is 25.2 Å². The standard InChI is InChI=1S/C17H27NO/c1-3-14(2)16-9-4-5-10-17(16)19-13-11-15-8-6-7-12-18-15/h4-5,9-10,14-15,18H,3,6-8,11-13H2,1-2H3/t14-,15+/m1/s1. The minimum Gasteiger partial charge on any atom is -0.493 e. The lowest BCUT2D eigenvalue weighted by Gasteiger charge is -2.24. The van der Waals surface area contributed by atoms with E-state index in [-0.39, 0.29) is 0 Å². The van der Waals surface area contributed by atoms with Gasteiger partial charge in [-0.1, -0.05) is 38.5 Å². The lowest BCUT2D eigenvalue weighted by atomic mass is 9.98. The zero-order valence-corrected chi connectivity index (χ0v) is 12.3. The Morgan fingerprint density at radius 1 is 1.32 bits per heavy atom. The summed E-state index contributed by atoms with van der Waals surface area (Å²) in [5, 5.41) is 3.57. The predicted molar refractivity (Wildman–Crippen MR) is 80.9 cm³/mol. The Labute approximate surface area is 117 Å². The van der Waals surface area contributed by atoms with Gasteiger partial charge >= 0.3 is 0 Å². The van der Waals surface area contributed by atoms with Gasteiger partial charge in [0, 0.05) is 6.04 Å². The molecule has 0 unspecified atom stereocenters. The molecule has 1 aliphatic rings. The summed E-state index contributed by atoms with van der Waals surface area (Å²) in [6.45, 7) is 6.50. The number of benzene rings is 1. The van der Waals surface area contributed by atoms with Crippen LogP contribution in [-0.4, -0.2) is 19.2 Å². The van der Waals surface area contributed by atoms with Crippen LogP contribution in [0.3, 0.4) is 0 Å². The van der Waals surface area contributed by atoms with E-state index in [1.165, 1.54) is 31.4 Å². The summed E-state index contributed by atoms with van der Waals surface area (Å²) >= 11 is 0. The monoisotopic (exact) mass is 261 g/mol. The van der Waals surface area contributed by atoms with Crippen molar-refractivity contribution in [1.29, 1.82) is 0 Å². The van der Waals surface area contributed by atoms with Crippen LogP contribution in [0, 0.1) is 0 Å². The van der Waals surface area contributed by atoms with Crippen LogP contribution in [0.4, 0.5) is 0 Å². The summed E-state index contributed by atoms with van der Waals surface area (Å²) in [5.74, 6) is 1.65. The fraction of sp³-hybridized carbons (Fsp3) is 0.647. The molecule has 0 amide bonds. The third-order valence-corrected chi connectivity index (χ3v) is 4.20. The van der Waals surface area contributed by atoms with Crippen LogP contribution in [-0.2, 0) is 0 Å². The van der Waals surface area contributed by atoms with Crippen molar-refractivity contribution in [3.8, 4) is 5.75 Å². The molecule has 0 spiro atoms. The summed E-state index contributed by atoms with van der Waals surface area (Å²) in [7, 11) is 0. The van der Waals surface area contributed by atoms with E-state index in [1.54, 1.807) is 0 Å². The molecule has 0 aromatic heterocycles. The van der Waals surface area contributed by atoms with Crippen LogP contribution < -0.4 is 10.1 Å². The first kappa shape index (κ1) is 14.4. The molecule has 0 aliphatic carbocycles. The van der Waals surface area contributed by atoms with Crippen LogP contribution in [0.2, 0.25) is 0 Å². The van der Waals surface area contributed by atoms with Crippen molar-refractivity contribution in [2.45, 2.75) is 57.9 Å². The number of hydrogen-bond acceptors (Lipinski definition) is 2. The molecule has 106 valence electrons. The normalized spacial score (nSPS) is 21.1. The Morgan fingerprint density at radius 3 is 2.89 bits per heavy atom. The van der Waals surface area contributed by atoms with Gasteiger partial charge in [-0.2, -0.15) is 0 Å². The van der Waals surface area contributed by atoms with Crippen molar-refractivity contribution in [1.82, 2.24) is 5.32 Å². The highest BCUT2D eigenvalue weighted by Crippen LogP contribution is 2.28. The molecule has 1 N–H and O–H groups in total. The third kappa shape index (κ3) is 4.24. The average molecular weight is 261 g/mol. The molecule has 1 aliphatic heterocycles. The first-order valence-electron chi connectivity index (χ1n) is 7.76. The molecule has 2 atom stereocenters. The van der Waals surface area contributed by atoms with Crippen molar-refractivity contribution >= 4 is 0 Å². The van der Waals surface area contributed by atoms with Gasteiger partial charge in [-0.25, -0.2) is 0 Å². The van der Waals surface area contributed by atoms with Crippen molar-refractivity contribution in [2.75, 3.05) is 13.2 Å². The molecule has 2 heteroatoms. The van der Waals surface area contributed by atoms with Gasteiger partial charge in [0.1, 0.15) is 5.75 Å². The highest BCUT2D eigenvalue weighted by Gasteiger charge is 2.13. The van der Waals surface area contributed by atoms with Gasteiger partial charge in [-0.3, -0.25) is 0 Å². The lowest BCUT2D eigenvalue weighted by molar-refractivity contribution is 0.265.